The summed E-state index contributed by atoms with van der Waals surface area (Å²) in [5.74, 6) is 0.314. The number of hydrogen-bond acceptors (Lipinski definition) is 4. The second kappa shape index (κ2) is 6.35. The molecular formula is C18H18N6O. The van der Waals surface area contributed by atoms with Gasteiger partial charge in [-0.3, -0.25) is 9.89 Å². The number of H-pyrrole nitrogens is 2. The minimum atomic E-state index is 0.314. The number of rotatable bonds is 5. The van der Waals surface area contributed by atoms with Crippen LogP contribution in [0.4, 0.5) is 0 Å². The van der Waals surface area contributed by atoms with E-state index < -0.39 is 0 Å². The van der Waals surface area contributed by atoms with Gasteiger partial charge in [0.2, 0.25) is 6.41 Å². The van der Waals surface area contributed by atoms with Crippen molar-refractivity contribution in [3.63, 3.8) is 0 Å². The molecule has 1 aliphatic rings. The van der Waals surface area contributed by atoms with Gasteiger partial charge in [0.25, 0.3) is 0 Å². The lowest BCUT2D eigenvalue weighted by Gasteiger charge is -2.08. The molecule has 1 atom stereocenters. The number of nitrogens with one attached hydrogen (secondary N) is 3. The zero-order valence-electron chi connectivity index (χ0n) is 13.6. The lowest BCUT2D eigenvalue weighted by Crippen LogP contribution is -2.17. The molecule has 7 heteroatoms. The Kier molecular flexibility index (Phi) is 3.89. The summed E-state index contributed by atoms with van der Waals surface area (Å²) in [6, 6.07) is 4.10. The molecule has 0 unspecified atom stereocenters. The standard InChI is InChI=1S/C18H18N6O/c19-5-1-2-16-15(9-21-23-16)13-3-6-20-18-14(13)8-17(22-18)12-4-7-24(10-12)11-25/h1-3,5-6,8-9,11-12,19H,4,7,10H2,(H,20,22)(H,21,23)/b2-1-,19-5?/t12-/m1/s1. The number of carbonyl (C=O) groups excluding carboxylic acids is 1. The van der Waals surface area contributed by atoms with Crippen LogP contribution in [0.3, 0.4) is 0 Å². The molecule has 0 aliphatic carbocycles. The molecule has 4 rings (SSSR count). The topological polar surface area (TPSA) is 102 Å². The zero-order chi connectivity index (χ0) is 17.2. The van der Waals surface area contributed by atoms with E-state index in [1.807, 2.05) is 12.1 Å². The average Bonchev–Trinajstić information content (AvgIpc) is 3.37. The van der Waals surface area contributed by atoms with E-state index in [0.717, 1.165) is 59.5 Å². The third-order valence-corrected chi connectivity index (χ3v) is 4.68. The van der Waals surface area contributed by atoms with Crippen molar-refractivity contribution < 1.29 is 4.79 Å². The number of fused-ring (bicyclic) bond motifs is 1. The first-order valence-electron chi connectivity index (χ1n) is 8.18. The van der Waals surface area contributed by atoms with Crippen LogP contribution in [0.15, 0.2) is 30.6 Å². The van der Waals surface area contributed by atoms with Crippen LogP contribution < -0.4 is 0 Å². The number of nitrogens with zero attached hydrogens (tertiary/aromatic N) is 3. The van der Waals surface area contributed by atoms with E-state index in [1.165, 1.54) is 6.21 Å². The summed E-state index contributed by atoms with van der Waals surface area (Å²) in [5, 5.41) is 15.3. The first-order chi connectivity index (χ1) is 12.3. The van der Waals surface area contributed by atoms with Crippen LogP contribution in [0.25, 0.3) is 28.2 Å². The summed E-state index contributed by atoms with van der Waals surface area (Å²) in [6.07, 6.45) is 10.2. The maximum atomic E-state index is 11.0. The molecule has 1 aliphatic heterocycles. The van der Waals surface area contributed by atoms with Crippen molar-refractivity contribution in [3.8, 4) is 11.1 Å². The SMILES string of the molecule is N=C/C=C\c1[nH]ncc1-c1ccnc2[nH]c([C@@H]3CCN(C=O)C3)cc12. The van der Waals surface area contributed by atoms with Crippen molar-refractivity contribution in [1.29, 1.82) is 5.41 Å². The molecular weight excluding hydrogens is 316 g/mol. The van der Waals surface area contributed by atoms with Gasteiger partial charge in [0.05, 0.1) is 11.9 Å². The molecule has 7 nitrogen and oxygen atoms in total. The minimum absolute atomic E-state index is 0.314. The normalized spacial score (nSPS) is 17.6. The van der Waals surface area contributed by atoms with Gasteiger partial charge in [0.1, 0.15) is 5.65 Å². The molecule has 1 saturated heterocycles. The van der Waals surface area contributed by atoms with Crippen molar-refractivity contribution in [1.82, 2.24) is 25.1 Å². The summed E-state index contributed by atoms with van der Waals surface area (Å²) in [7, 11) is 0. The van der Waals surface area contributed by atoms with Gasteiger partial charge in [0, 0.05) is 48.1 Å². The maximum Gasteiger partial charge on any atom is 0.209 e. The third kappa shape index (κ3) is 2.73. The van der Waals surface area contributed by atoms with Crippen molar-refractivity contribution in [2.45, 2.75) is 12.3 Å². The predicted octanol–water partition coefficient (Wildman–Crippen LogP) is 2.56. The van der Waals surface area contributed by atoms with Gasteiger partial charge in [-0.25, -0.2) is 4.98 Å². The van der Waals surface area contributed by atoms with E-state index in [-0.39, 0.29) is 0 Å². The number of aromatic amines is 2. The predicted molar refractivity (Wildman–Crippen MR) is 96.5 cm³/mol. The lowest BCUT2D eigenvalue weighted by atomic mass is 10.0. The summed E-state index contributed by atoms with van der Waals surface area (Å²) in [6.45, 7) is 1.54. The van der Waals surface area contributed by atoms with Gasteiger partial charge in [0.15, 0.2) is 0 Å². The molecule has 0 saturated carbocycles. The van der Waals surface area contributed by atoms with Crippen molar-refractivity contribution in [2.75, 3.05) is 13.1 Å². The molecule has 3 aromatic heterocycles. The van der Waals surface area contributed by atoms with Crippen LogP contribution >= 0.6 is 0 Å². The molecule has 0 bridgehead atoms. The van der Waals surface area contributed by atoms with E-state index in [4.69, 9.17) is 5.41 Å². The monoisotopic (exact) mass is 334 g/mol. The van der Waals surface area contributed by atoms with Crippen LogP contribution in [0, 0.1) is 5.41 Å². The molecule has 0 aromatic carbocycles. The van der Waals surface area contributed by atoms with Crippen molar-refractivity contribution >= 4 is 29.7 Å². The number of amides is 1. The van der Waals surface area contributed by atoms with Gasteiger partial charge in [-0.15, -0.1) is 0 Å². The highest BCUT2D eigenvalue weighted by molar-refractivity contribution is 5.95. The molecule has 25 heavy (non-hydrogen) atoms. The Balaban J connectivity index is 1.76. The molecule has 126 valence electrons. The smallest absolute Gasteiger partial charge is 0.209 e. The van der Waals surface area contributed by atoms with Crippen molar-refractivity contribution in [2.24, 2.45) is 0 Å². The second-order valence-corrected chi connectivity index (χ2v) is 6.15. The molecule has 1 amide bonds. The Labute approximate surface area is 144 Å². The number of pyridine rings is 1. The van der Waals surface area contributed by atoms with Crippen LogP contribution in [-0.2, 0) is 4.79 Å². The minimum Gasteiger partial charge on any atom is -0.345 e. The highest BCUT2D eigenvalue weighted by atomic mass is 16.1. The highest BCUT2D eigenvalue weighted by Gasteiger charge is 2.25. The van der Waals surface area contributed by atoms with Crippen LogP contribution in [0.2, 0.25) is 0 Å². The largest absolute Gasteiger partial charge is 0.345 e. The number of allylic oxidation sites excluding steroid dienone is 1. The van der Waals surface area contributed by atoms with Crippen molar-refractivity contribution in [3.05, 3.63) is 42.0 Å². The summed E-state index contributed by atoms with van der Waals surface area (Å²) >= 11 is 0. The van der Waals surface area contributed by atoms with E-state index in [9.17, 15) is 4.79 Å². The molecule has 0 radical (unpaired) electrons. The first kappa shape index (κ1) is 15.3. The van der Waals surface area contributed by atoms with Gasteiger partial charge in [-0.2, -0.15) is 5.10 Å². The van der Waals surface area contributed by atoms with E-state index in [2.05, 4.69) is 26.2 Å². The highest BCUT2D eigenvalue weighted by Crippen LogP contribution is 2.33. The molecule has 4 heterocycles. The Morgan fingerprint density at radius 1 is 1.36 bits per heavy atom. The number of carbonyl (C=O) groups is 1. The fourth-order valence-electron chi connectivity index (χ4n) is 3.42. The summed E-state index contributed by atoms with van der Waals surface area (Å²) < 4.78 is 0. The third-order valence-electron chi connectivity index (χ3n) is 4.68. The van der Waals surface area contributed by atoms with Crippen LogP contribution in [0.5, 0.6) is 0 Å². The Morgan fingerprint density at radius 2 is 2.28 bits per heavy atom. The lowest BCUT2D eigenvalue weighted by molar-refractivity contribution is -0.117. The van der Waals surface area contributed by atoms with Crippen LogP contribution in [0.1, 0.15) is 23.7 Å². The quantitative estimate of drug-likeness (QED) is 0.493. The Bertz CT molecular complexity index is 954. The van der Waals surface area contributed by atoms with Gasteiger partial charge in [-0.05, 0) is 36.3 Å². The second-order valence-electron chi connectivity index (χ2n) is 6.15. The maximum absolute atomic E-state index is 11.0. The number of likely N-dealkylation sites (tertiary alicyclic amines) is 1. The Hall–Kier alpha value is -3.22. The fourth-order valence-corrected chi connectivity index (χ4v) is 3.42. The summed E-state index contributed by atoms with van der Waals surface area (Å²) in [5.41, 5.74) is 4.81. The molecule has 1 fully saturated rings. The number of hydrogen-bond donors (Lipinski definition) is 3. The van der Waals surface area contributed by atoms with E-state index >= 15 is 0 Å². The fraction of sp³-hybridized carbons (Fsp3) is 0.222. The van der Waals surface area contributed by atoms with Gasteiger partial charge in [-0.1, -0.05) is 0 Å². The van der Waals surface area contributed by atoms with Gasteiger partial charge >= 0.3 is 0 Å². The first-order valence-corrected chi connectivity index (χ1v) is 8.18. The number of aromatic nitrogens is 4. The average molecular weight is 334 g/mol. The van der Waals surface area contributed by atoms with E-state index in [1.54, 1.807) is 23.4 Å². The van der Waals surface area contributed by atoms with Crippen LogP contribution in [-0.4, -0.2) is 50.8 Å². The van der Waals surface area contributed by atoms with Gasteiger partial charge < -0.3 is 15.3 Å². The molecule has 0 spiro atoms. The zero-order valence-corrected chi connectivity index (χ0v) is 13.6. The van der Waals surface area contributed by atoms with E-state index in [0.29, 0.717) is 5.92 Å². The molecule has 3 N–H and O–H groups in total. The summed E-state index contributed by atoms with van der Waals surface area (Å²) in [4.78, 5) is 20.6. The molecule has 3 aromatic rings. The Morgan fingerprint density at radius 3 is 3.08 bits per heavy atom.